The van der Waals surface area contributed by atoms with Gasteiger partial charge >= 0.3 is 0 Å². The van der Waals surface area contributed by atoms with Gasteiger partial charge in [0.15, 0.2) is 0 Å². The number of halogens is 1. The molecule has 0 saturated carbocycles. The average Bonchev–Trinajstić information content (AvgIpc) is 2.41. The van der Waals surface area contributed by atoms with Crippen LogP contribution in [-0.2, 0) is 0 Å². The zero-order valence-electron chi connectivity index (χ0n) is 12.5. The summed E-state index contributed by atoms with van der Waals surface area (Å²) in [7, 11) is 0. The summed E-state index contributed by atoms with van der Waals surface area (Å²) in [5.74, 6) is 0.883. The largest absolute Gasteiger partial charge is 0.491 e. The molecule has 0 aliphatic heterocycles. The first-order valence-electron chi connectivity index (χ1n) is 6.95. The second kappa shape index (κ2) is 6.32. The van der Waals surface area contributed by atoms with E-state index in [9.17, 15) is 0 Å². The van der Waals surface area contributed by atoms with Crippen LogP contribution in [0.15, 0.2) is 42.5 Å². The molecule has 0 saturated heterocycles. The smallest absolute Gasteiger partial charge is 0.119 e. The summed E-state index contributed by atoms with van der Waals surface area (Å²) < 4.78 is 5.65. The maximum Gasteiger partial charge on any atom is 0.119 e. The third-order valence-electron chi connectivity index (χ3n) is 3.25. The fourth-order valence-corrected chi connectivity index (χ4v) is 2.58. The van der Waals surface area contributed by atoms with Crippen LogP contribution in [0.4, 0.5) is 0 Å². The van der Waals surface area contributed by atoms with Crippen LogP contribution in [0.2, 0.25) is 0 Å². The first kappa shape index (κ1) is 14.9. The van der Waals surface area contributed by atoms with Crippen LogP contribution >= 0.6 is 11.6 Å². The molecule has 0 aliphatic carbocycles. The van der Waals surface area contributed by atoms with E-state index in [1.807, 2.05) is 38.1 Å². The Morgan fingerprint density at radius 2 is 1.60 bits per heavy atom. The van der Waals surface area contributed by atoms with E-state index >= 15 is 0 Å². The van der Waals surface area contributed by atoms with E-state index in [1.165, 1.54) is 16.7 Å². The Kier molecular flexibility index (Phi) is 4.72. The Hall–Kier alpha value is -1.47. The normalized spacial score (nSPS) is 12.5. The van der Waals surface area contributed by atoms with Gasteiger partial charge in [0.2, 0.25) is 0 Å². The summed E-state index contributed by atoms with van der Waals surface area (Å²) in [5.41, 5.74) is 4.72. The molecular weight excluding hydrogens is 268 g/mol. The Labute approximate surface area is 126 Å². The number of hydrogen-bond donors (Lipinski definition) is 0. The van der Waals surface area contributed by atoms with Crippen molar-refractivity contribution in [1.82, 2.24) is 0 Å². The second-order valence-corrected chi connectivity index (χ2v) is 5.89. The third-order valence-corrected chi connectivity index (χ3v) is 3.74. The highest BCUT2D eigenvalue weighted by Gasteiger charge is 2.13. The van der Waals surface area contributed by atoms with Crippen LogP contribution in [0.3, 0.4) is 0 Å². The molecular formula is C18H21ClO. The lowest BCUT2D eigenvalue weighted by Gasteiger charge is -2.15. The molecule has 1 unspecified atom stereocenters. The van der Waals surface area contributed by atoms with Crippen LogP contribution in [0.5, 0.6) is 5.75 Å². The van der Waals surface area contributed by atoms with Crippen LogP contribution in [0.25, 0.3) is 0 Å². The summed E-state index contributed by atoms with van der Waals surface area (Å²) in [6, 6.07) is 14.4. The quantitative estimate of drug-likeness (QED) is 0.683. The van der Waals surface area contributed by atoms with Gasteiger partial charge < -0.3 is 4.74 Å². The van der Waals surface area contributed by atoms with E-state index in [-0.39, 0.29) is 11.5 Å². The zero-order chi connectivity index (χ0) is 14.7. The molecule has 0 aromatic heterocycles. The first-order chi connectivity index (χ1) is 9.47. The van der Waals surface area contributed by atoms with Crippen molar-refractivity contribution in [3.05, 3.63) is 64.7 Å². The minimum Gasteiger partial charge on any atom is -0.491 e. The van der Waals surface area contributed by atoms with Crippen molar-refractivity contribution in [3.8, 4) is 5.75 Å². The van der Waals surface area contributed by atoms with Gasteiger partial charge in [0.1, 0.15) is 5.75 Å². The van der Waals surface area contributed by atoms with E-state index in [4.69, 9.17) is 16.3 Å². The summed E-state index contributed by atoms with van der Waals surface area (Å²) in [4.78, 5) is 0. The van der Waals surface area contributed by atoms with Gasteiger partial charge in [-0.3, -0.25) is 0 Å². The Bertz CT molecular complexity index is 572. The van der Waals surface area contributed by atoms with Crippen molar-refractivity contribution in [2.24, 2.45) is 0 Å². The summed E-state index contributed by atoms with van der Waals surface area (Å²) in [6.45, 7) is 8.23. The molecule has 0 spiro atoms. The Morgan fingerprint density at radius 3 is 2.20 bits per heavy atom. The highest BCUT2D eigenvalue weighted by atomic mass is 35.5. The van der Waals surface area contributed by atoms with E-state index in [0.717, 1.165) is 11.3 Å². The van der Waals surface area contributed by atoms with Crippen LogP contribution in [0.1, 0.15) is 41.5 Å². The lowest BCUT2D eigenvalue weighted by molar-refractivity contribution is 0.242. The van der Waals surface area contributed by atoms with Crippen molar-refractivity contribution < 1.29 is 4.74 Å². The lowest BCUT2D eigenvalue weighted by Crippen LogP contribution is -2.05. The molecule has 0 aliphatic rings. The number of alkyl halides is 1. The molecule has 0 bridgehead atoms. The molecule has 106 valence electrons. The third kappa shape index (κ3) is 3.55. The molecule has 0 radical (unpaired) electrons. The van der Waals surface area contributed by atoms with Crippen LogP contribution in [-0.4, -0.2) is 6.10 Å². The monoisotopic (exact) mass is 288 g/mol. The summed E-state index contributed by atoms with van der Waals surface area (Å²) in [5, 5.41) is -0.122. The predicted octanol–water partition coefficient (Wildman–Crippen LogP) is 5.42. The van der Waals surface area contributed by atoms with Crippen molar-refractivity contribution in [1.29, 1.82) is 0 Å². The number of hydrogen-bond acceptors (Lipinski definition) is 1. The molecule has 0 N–H and O–H groups in total. The molecule has 0 fully saturated rings. The SMILES string of the molecule is Cc1ccc(C)c(C(Cl)c2ccc(OC(C)C)cc2)c1. The molecule has 2 aromatic carbocycles. The van der Waals surface area contributed by atoms with Gasteiger partial charge in [0.05, 0.1) is 11.5 Å². The van der Waals surface area contributed by atoms with Gasteiger partial charge in [-0.05, 0) is 56.5 Å². The van der Waals surface area contributed by atoms with Gasteiger partial charge in [0.25, 0.3) is 0 Å². The number of rotatable bonds is 4. The molecule has 1 atom stereocenters. The van der Waals surface area contributed by atoms with Gasteiger partial charge in [-0.1, -0.05) is 35.9 Å². The minimum atomic E-state index is -0.122. The van der Waals surface area contributed by atoms with E-state index in [1.54, 1.807) is 0 Å². The van der Waals surface area contributed by atoms with E-state index in [0.29, 0.717) is 0 Å². The molecule has 0 heterocycles. The van der Waals surface area contributed by atoms with Crippen molar-refractivity contribution in [3.63, 3.8) is 0 Å². The van der Waals surface area contributed by atoms with Gasteiger partial charge in [-0.15, -0.1) is 11.6 Å². The molecule has 2 rings (SSSR count). The molecule has 2 aromatic rings. The van der Waals surface area contributed by atoms with Crippen molar-refractivity contribution in [2.45, 2.75) is 39.2 Å². The zero-order valence-corrected chi connectivity index (χ0v) is 13.2. The maximum atomic E-state index is 6.63. The summed E-state index contributed by atoms with van der Waals surface area (Å²) in [6.07, 6.45) is 0.187. The number of ether oxygens (including phenoxy) is 1. The van der Waals surface area contributed by atoms with Crippen LogP contribution < -0.4 is 4.74 Å². The Morgan fingerprint density at radius 1 is 0.950 bits per heavy atom. The molecule has 1 nitrogen and oxygen atoms in total. The lowest BCUT2D eigenvalue weighted by atomic mass is 9.98. The maximum absolute atomic E-state index is 6.63. The number of aryl methyl sites for hydroxylation is 2. The first-order valence-corrected chi connectivity index (χ1v) is 7.39. The molecule has 20 heavy (non-hydrogen) atoms. The minimum absolute atomic E-state index is 0.122. The fraction of sp³-hybridized carbons (Fsp3) is 0.333. The fourth-order valence-electron chi connectivity index (χ4n) is 2.20. The number of benzene rings is 2. The highest BCUT2D eigenvalue weighted by molar-refractivity contribution is 6.22. The van der Waals surface area contributed by atoms with Crippen LogP contribution in [0, 0.1) is 13.8 Å². The topological polar surface area (TPSA) is 9.23 Å². The van der Waals surface area contributed by atoms with E-state index in [2.05, 4.69) is 32.0 Å². The molecule has 2 heteroatoms. The van der Waals surface area contributed by atoms with Crippen molar-refractivity contribution >= 4 is 11.6 Å². The van der Waals surface area contributed by atoms with Gasteiger partial charge in [0, 0.05) is 0 Å². The van der Waals surface area contributed by atoms with Gasteiger partial charge in [-0.2, -0.15) is 0 Å². The molecule has 0 amide bonds. The Balaban J connectivity index is 2.24. The predicted molar refractivity (Wildman–Crippen MR) is 85.8 cm³/mol. The highest BCUT2D eigenvalue weighted by Crippen LogP contribution is 2.32. The second-order valence-electron chi connectivity index (χ2n) is 5.46. The van der Waals surface area contributed by atoms with E-state index < -0.39 is 0 Å². The average molecular weight is 289 g/mol. The standard InChI is InChI=1S/C18H21ClO/c1-12(2)20-16-9-7-15(8-10-16)18(19)17-11-13(3)5-6-14(17)4/h5-12,18H,1-4H3. The summed E-state index contributed by atoms with van der Waals surface area (Å²) >= 11 is 6.63. The van der Waals surface area contributed by atoms with Gasteiger partial charge in [-0.25, -0.2) is 0 Å². The van der Waals surface area contributed by atoms with Crippen molar-refractivity contribution in [2.75, 3.05) is 0 Å².